The smallest absolute Gasteiger partial charge is 0.324 e. The molecule has 0 fully saturated rings. The van der Waals surface area contributed by atoms with Gasteiger partial charge in [-0.25, -0.2) is 0 Å². The van der Waals surface area contributed by atoms with Crippen molar-refractivity contribution in [3.8, 4) is 0 Å². The first-order chi connectivity index (χ1) is 15.8. The topological polar surface area (TPSA) is 18.5 Å². The molecule has 0 radical (unpaired) electrons. The first kappa shape index (κ1) is 32.1. The Bertz CT molecular complexity index is 307. The van der Waals surface area contributed by atoms with Crippen molar-refractivity contribution in [2.75, 3.05) is 13.2 Å². The number of hydrogen-bond donors (Lipinski definition) is 0. The summed E-state index contributed by atoms with van der Waals surface area (Å²) in [4.78, 5) is 0. The van der Waals surface area contributed by atoms with Gasteiger partial charge in [-0.15, -0.1) is 0 Å². The summed E-state index contributed by atoms with van der Waals surface area (Å²) in [7, 11) is -1.51. The van der Waals surface area contributed by atoms with E-state index in [1.807, 2.05) is 0 Å². The summed E-state index contributed by atoms with van der Waals surface area (Å²) < 4.78 is 12.3. The lowest BCUT2D eigenvalue weighted by Crippen LogP contribution is -2.29. The highest BCUT2D eigenvalue weighted by Gasteiger charge is 2.25. The maximum absolute atomic E-state index is 6.15. The van der Waals surface area contributed by atoms with Crippen LogP contribution in [-0.2, 0) is 8.85 Å². The monoisotopic (exact) mass is 470 g/mol. The van der Waals surface area contributed by atoms with Crippen molar-refractivity contribution in [2.24, 2.45) is 0 Å². The van der Waals surface area contributed by atoms with Crippen molar-refractivity contribution < 1.29 is 8.85 Å². The first-order valence-corrected chi connectivity index (χ1v) is 16.6. The molecule has 0 bridgehead atoms. The molecule has 3 heteroatoms. The molecule has 0 atom stereocenters. The fraction of sp³-hybridized carbons (Fsp3) is 1.00. The molecule has 0 aromatic carbocycles. The van der Waals surface area contributed by atoms with Crippen LogP contribution in [0, 0.1) is 0 Å². The van der Waals surface area contributed by atoms with Crippen molar-refractivity contribution in [2.45, 2.75) is 174 Å². The first-order valence-electron chi connectivity index (χ1n) is 15.0. The molecular weight excluding hydrogens is 408 g/mol. The van der Waals surface area contributed by atoms with Crippen molar-refractivity contribution in [3.05, 3.63) is 0 Å². The molecule has 0 heterocycles. The van der Waals surface area contributed by atoms with Crippen LogP contribution < -0.4 is 0 Å². The van der Waals surface area contributed by atoms with E-state index >= 15 is 0 Å². The minimum Gasteiger partial charge on any atom is -0.397 e. The minimum absolute atomic E-state index is 0.720. The Morgan fingerprint density at radius 3 is 0.969 bits per heavy atom. The molecule has 0 aromatic heterocycles. The van der Waals surface area contributed by atoms with Gasteiger partial charge in [-0.2, -0.15) is 0 Å². The second-order valence-electron chi connectivity index (χ2n) is 9.98. The third kappa shape index (κ3) is 22.0. The molecular formula is C29H62O2Si. The zero-order valence-electron chi connectivity index (χ0n) is 22.9. The highest BCUT2D eigenvalue weighted by molar-refractivity contribution is 6.46. The molecule has 0 aliphatic carbocycles. The van der Waals surface area contributed by atoms with Crippen LogP contribution >= 0.6 is 0 Å². The van der Waals surface area contributed by atoms with Gasteiger partial charge in [0, 0.05) is 13.2 Å². The molecule has 0 unspecified atom stereocenters. The number of unbranched alkanes of at least 4 members (excludes halogenated alkanes) is 18. The van der Waals surface area contributed by atoms with Crippen LogP contribution in [-0.4, -0.2) is 22.5 Å². The van der Waals surface area contributed by atoms with E-state index in [0.29, 0.717) is 0 Å². The van der Waals surface area contributed by atoms with Gasteiger partial charge in [-0.3, -0.25) is 0 Å². The zero-order valence-corrected chi connectivity index (χ0v) is 24.1. The highest BCUT2D eigenvalue weighted by atomic mass is 28.3. The lowest BCUT2D eigenvalue weighted by Gasteiger charge is -2.25. The van der Waals surface area contributed by atoms with Crippen molar-refractivity contribution in [1.29, 1.82) is 0 Å². The average molecular weight is 471 g/mol. The van der Waals surface area contributed by atoms with E-state index in [4.69, 9.17) is 8.85 Å². The maximum Gasteiger partial charge on any atom is 0.324 e. The fourth-order valence-corrected chi connectivity index (χ4v) is 7.17. The maximum atomic E-state index is 6.15. The SMILES string of the molecule is CCCCCCCCCCCCC(CCCCCCCCCCCC)[SiH](OCC)OCC. The summed E-state index contributed by atoms with van der Waals surface area (Å²) in [6, 6.07) is 0. The van der Waals surface area contributed by atoms with E-state index in [-0.39, 0.29) is 0 Å². The quantitative estimate of drug-likeness (QED) is 0.0877. The predicted molar refractivity (Wildman–Crippen MR) is 147 cm³/mol. The molecule has 2 nitrogen and oxygen atoms in total. The Morgan fingerprint density at radius 2 is 0.688 bits per heavy atom. The van der Waals surface area contributed by atoms with E-state index in [2.05, 4.69) is 27.7 Å². The lowest BCUT2D eigenvalue weighted by atomic mass is 10.0. The molecule has 0 amide bonds. The molecule has 0 saturated carbocycles. The van der Waals surface area contributed by atoms with Crippen LogP contribution in [0.5, 0.6) is 0 Å². The number of hydrogen-bond acceptors (Lipinski definition) is 2. The Hall–Kier alpha value is 0.137. The second kappa shape index (κ2) is 27.4. The van der Waals surface area contributed by atoms with Gasteiger partial charge in [0.05, 0.1) is 0 Å². The summed E-state index contributed by atoms with van der Waals surface area (Å²) >= 11 is 0. The van der Waals surface area contributed by atoms with Crippen LogP contribution in [0.4, 0.5) is 0 Å². The Kier molecular flexibility index (Phi) is 27.5. The third-order valence-corrected chi connectivity index (χ3v) is 9.66. The van der Waals surface area contributed by atoms with Gasteiger partial charge in [-0.1, -0.05) is 142 Å². The number of rotatable bonds is 27. The standard InChI is InChI=1S/C29H62O2Si/c1-5-9-11-13-15-17-19-21-23-25-27-29(32(30-7-3)31-8-4)28-26-24-22-20-18-16-14-12-10-6-2/h29,32H,5-28H2,1-4H3. The molecule has 0 rings (SSSR count). The summed E-state index contributed by atoms with van der Waals surface area (Å²) in [5.74, 6) is 0. The zero-order chi connectivity index (χ0) is 23.5. The molecule has 194 valence electrons. The predicted octanol–water partition coefficient (Wildman–Crippen LogP) is 10.3. The molecule has 0 aromatic rings. The summed E-state index contributed by atoms with van der Waals surface area (Å²) in [6.45, 7) is 10.5. The molecule has 0 spiro atoms. The van der Waals surface area contributed by atoms with Gasteiger partial charge < -0.3 is 8.85 Å². The lowest BCUT2D eigenvalue weighted by molar-refractivity contribution is 0.199. The minimum atomic E-state index is -1.51. The highest BCUT2D eigenvalue weighted by Crippen LogP contribution is 2.28. The van der Waals surface area contributed by atoms with Gasteiger partial charge >= 0.3 is 9.28 Å². The van der Waals surface area contributed by atoms with Crippen LogP contribution in [0.15, 0.2) is 0 Å². The molecule has 0 saturated heterocycles. The van der Waals surface area contributed by atoms with E-state index in [1.54, 1.807) is 0 Å². The van der Waals surface area contributed by atoms with Crippen molar-refractivity contribution in [3.63, 3.8) is 0 Å². The van der Waals surface area contributed by atoms with Gasteiger partial charge in [0.2, 0.25) is 0 Å². The van der Waals surface area contributed by atoms with Gasteiger partial charge in [0.1, 0.15) is 0 Å². The van der Waals surface area contributed by atoms with Gasteiger partial charge in [0.25, 0.3) is 0 Å². The largest absolute Gasteiger partial charge is 0.397 e. The second-order valence-corrected chi connectivity index (χ2v) is 12.3. The third-order valence-electron chi connectivity index (χ3n) is 6.90. The summed E-state index contributed by atoms with van der Waals surface area (Å²) in [5, 5.41) is 0. The van der Waals surface area contributed by atoms with Crippen LogP contribution in [0.25, 0.3) is 0 Å². The average Bonchev–Trinajstić information content (AvgIpc) is 2.80. The fourth-order valence-electron chi connectivity index (χ4n) is 4.85. The van der Waals surface area contributed by atoms with E-state index in [9.17, 15) is 0 Å². The van der Waals surface area contributed by atoms with Crippen LogP contribution in [0.1, 0.15) is 169 Å². The Morgan fingerprint density at radius 1 is 0.406 bits per heavy atom. The van der Waals surface area contributed by atoms with Crippen molar-refractivity contribution >= 4 is 9.28 Å². The molecule has 32 heavy (non-hydrogen) atoms. The normalized spacial score (nSPS) is 11.8. The van der Waals surface area contributed by atoms with Crippen LogP contribution in [0.3, 0.4) is 0 Å². The van der Waals surface area contributed by atoms with E-state index in [1.165, 1.54) is 141 Å². The van der Waals surface area contributed by atoms with Crippen LogP contribution in [0.2, 0.25) is 5.54 Å². The van der Waals surface area contributed by atoms with Gasteiger partial charge in [0.15, 0.2) is 0 Å². The van der Waals surface area contributed by atoms with E-state index in [0.717, 1.165) is 18.8 Å². The molecule has 0 aliphatic heterocycles. The summed E-state index contributed by atoms with van der Waals surface area (Å²) in [5.41, 5.74) is 0.720. The van der Waals surface area contributed by atoms with Gasteiger partial charge in [-0.05, 0) is 32.2 Å². The molecule has 0 aliphatic rings. The summed E-state index contributed by atoms with van der Waals surface area (Å²) in [6.07, 6.45) is 31.1. The van der Waals surface area contributed by atoms with E-state index < -0.39 is 9.28 Å². The van der Waals surface area contributed by atoms with Crippen molar-refractivity contribution in [1.82, 2.24) is 0 Å². The Labute approximate surface area is 205 Å². The Balaban J connectivity index is 3.96. The molecule has 0 N–H and O–H groups in total.